The van der Waals surface area contributed by atoms with E-state index < -0.39 is 5.97 Å². The summed E-state index contributed by atoms with van der Waals surface area (Å²) in [4.78, 5) is 27.9. The topological polar surface area (TPSA) is 73.4 Å². The van der Waals surface area contributed by atoms with Gasteiger partial charge >= 0.3 is 5.97 Å². The zero-order valence-electron chi connectivity index (χ0n) is 11.3. The molecule has 0 radical (unpaired) electrons. The number of carboxylic acid groups (broad SMARTS) is 1. The number of rotatable bonds is 3. The lowest BCUT2D eigenvalue weighted by Crippen LogP contribution is -2.37. The van der Waals surface area contributed by atoms with E-state index in [0.717, 1.165) is 6.42 Å². The van der Waals surface area contributed by atoms with E-state index in [1.165, 1.54) is 12.1 Å². The maximum Gasteiger partial charge on any atom is 0.305 e. The van der Waals surface area contributed by atoms with Gasteiger partial charge in [-0.2, -0.15) is 0 Å². The Morgan fingerprint density at radius 1 is 1.38 bits per heavy atom. The van der Waals surface area contributed by atoms with Crippen molar-refractivity contribution in [2.75, 3.05) is 6.54 Å². The number of nitrogens with one attached hydrogen (secondary N) is 1. The first-order valence-electron chi connectivity index (χ1n) is 6.85. The molecule has 0 saturated carbocycles. The summed E-state index contributed by atoms with van der Waals surface area (Å²) in [5, 5.41) is 9.53. The normalized spacial score (nSPS) is 18.3. The number of H-pyrrole nitrogens is 1. The molecule has 5 nitrogen and oxygen atoms in total. The van der Waals surface area contributed by atoms with Crippen molar-refractivity contribution in [3.05, 3.63) is 35.8 Å². The minimum Gasteiger partial charge on any atom is -0.481 e. The second kappa shape index (κ2) is 5.20. The molecular weight excluding hydrogens is 275 g/mol. The quantitative estimate of drug-likeness (QED) is 0.911. The van der Waals surface area contributed by atoms with E-state index >= 15 is 0 Å². The van der Waals surface area contributed by atoms with Crippen molar-refractivity contribution < 1.29 is 19.1 Å². The summed E-state index contributed by atoms with van der Waals surface area (Å²) in [7, 11) is 0. The smallest absolute Gasteiger partial charge is 0.305 e. The summed E-state index contributed by atoms with van der Waals surface area (Å²) in [6, 6.07) is 5.62. The summed E-state index contributed by atoms with van der Waals surface area (Å²) in [6.45, 7) is 0.556. The van der Waals surface area contributed by atoms with Crippen LogP contribution in [0.2, 0.25) is 0 Å². The van der Waals surface area contributed by atoms with Crippen LogP contribution in [-0.4, -0.2) is 39.5 Å². The number of aliphatic carboxylic acids is 1. The molecule has 2 heterocycles. The molecule has 2 N–H and O–H groups in total. The number of aromatic amines is 1. The Labute approximate surface area is 120 Å². The number of likely N-dealkylation sites (tertiary alicyclic amines) is 1. The summed E-state index contributed by atoms with van der Waals surface area (Å²) >= 11 is 0. The molecule has 0 spiro atoms. The van der Waals surface area contributed by atoms with Gasteiger partial charge in [-0.3, -0.25) is 9.59 Å². The fraction of sp³-hybridized carbons (Fsp3) is 0.333. The SMILES string of the molecule is O=C(O)CC1CCCN1C(=O)c1cc2cc(F)ccc2[nH]1. The minimum absolute atomic E-state index is 0.0411. The highest BCUT2D eigenvalue weighted by atomic mass is 19.1. The molecule has 6 heteroatoms. The molecule has 1 aromatic heterocycles. The van der Waals surface area contributed by atoms with Crippen molar-refractivity contribution in [3.8, 4) is 0 Å². The van der Waals surface area contributed by atoms with Crippen LogP contribution in [-0.2, 0) is 4.79 Å². The largest absolute Gasteiger partial charge is 0.481 e. The second-order valence-corrected chi connectivity index (χ2v) is 5.31. The summed E-state index contributed by atoms with van der Waals surface area (Å²) in [5.41, 5.74) is 1.06. The highest BCUT2D eigenvalue weighted by Crippen LogP contribution is 2.24. The van der Waals surface area contributed by atoms with Crippen molar-refractivity contribution in [2.24, 2.45) is 0 Å². The zero-order chi connectivity index (χ0) is 15.0. The molecule has 1 amide bonds. The minimum atomic E-state index is -0.904. The molecule has 0 bridgehead atoms. The highest BCUT2D eigenvalue weighted by Gasteiger charge is 2.31. The Morgan fingerprint density at radius 2 is 2.19 bits per heavy atom. The number of aromatic nitrogens is 1. The predicted molar refractivity (Wildman–Crippen MR) is 74.6 cm³/mol. The fourth-order valence-electron chi connectivity index (χ4n) is 2.89. The van der Waals surface area contributed by atoms with Crippen LogP contribution in [0.5, 0.6) is 0 Å². The molecule has 1 saturated heterocycles. The number of hydrogen-bond acceptors (Lipinski definition) is 2. The number of nitrogens with zero attached hydrogens (tertiary/aromatic N) is 1. The van der Waals surface area contributed by atoms with Crippen molar-refractivity contribution in [2.45, 2.75) is 25.3 Å². The van der Waals surface area contributed by atoms with Gasteiger partial charge in [0.15, 0.2) is 0 Å². The van der Waals surface area contributed by atoms with Gasteiger partial charge in [0.25, 0.3) is 5.91 Å². The van der Waals surface area contributed by atoms with Crippen molar-refractivity contribution in [1.82, 2.24) is 9.88 Å². The average molecular weight is 290 g/mol. The molecule has 1 aromatic carbocycles. The standard InChI is InChI=1S/C15H15FN2O3/c16-10-3-4-12-9(6-10)7-13(17-12)15(21)18-5-1-2-11(18)8-14(19)20/h3-4,6-7,11,17H,1-2,5,8H2,(H,19,20). The van der Waals surface area contributed by atoms with Crippen LogP contribution in [0.3, 0.4) is 0 Å². The molecule has 1 aliphatic heterocycles. The number of fused-ring (bicyclic) bond motifs is 1. The first kappa shape index (κ1) is 13.6. The molecular formula is C15H15FN2O3. The Morgan fingerprint density at radius 3 is 2.95 bits per heavy atom. The monoisotopic (exact) mass is 290 g/mol. The van der Waals surface area contributed by atoms with Gasteiger partial charge in [-0.05, 0) is 37.1 Å². The maximum atomic E-state index is 13.2. The number of carbonyl (C=O) groups excluding carboxylic acids is 1. The Hall–Kier alpha value is -2.37. The van der Waals surface area contributed by atoms with Crippen LogP contribution in [0.1, 0.15) is 29.8 Å². The van der Waals surface area contributed by atoms with E-state index in [2.05, 4.69) is 4.98 Å². The lowest BCUT2D eigenvalue weighted by molar-refractivity contribution is -0.137. The van der Waals surface area contributed by atoms with Gasteiger partial charge in [0.05, 0.1) is 6.42 Å². The van der Waals surface area contributed by atoms with Gasteiger partial charge in [-0.1, -0.05) is 0 Å². The number of amides is 1. The van der Waals surface area contributed by atoms with Gasteiger partial charge in [-0.25, -0.2) is 4.39 Å². The number of benzene rings is 1. The number of hydrogen-bond donors (Lipinski definition) is 2. The van der Waals surface area contributed by atoms with Gasteiger partial charge in [0.2, 0.25) is 0 Å². The molecule has 0 aliphatic carbocycles. The molecule has 2 aromatic rings. The third kappa shape index (κ3) is 2.61. The zero-order valence-corrected chi connectivity index (χ0v) is 11.3. The number of carboxylic acids is 1. The van der Waals surface area contributed by atoms with Crippen molar-refractivity contribution in [1.29, 1.82) is 0 Å². The average Bonchev–Trinajstić information content (AvgIpc) is 3.03. The molecule has 21 heavy (non-hydrogen) atoms. The van der Waals surface area contributed by atoms with Gasteiger partial charge in [0.1, 0.15) is 11.5 Å². The molecule has 3 rings (SSSR count). The van der Waals surface area contributed by atoms with Crippen LogP contribution in [0, 0.1) is 5.82 Å². The predicted octanol–water partition coefficient (Wildman–Crippen LogP) is 2.39. The first-order valence-corrected chi connectivity index (χ1v) is 6.85. The third-order valence-corrected chi connectivity index (χ3v) is 3.86. The Bertz CT molecular complexity index is 710. The van der Waals surface area contributed by atoms with Crippen molar-refractivity contribution in [3.63, 3.8) is 0 Å². The van der Waals surface area contributed by atoms with E-state index in [0.29, 0.717) is 29.6 Å². The maximum absolute atomic E-state index is 13.2. The summed E-state index contributed by atoms with van der Waals surface area (Å²) in [5.74, 6) is -1.49. The van der Waals surface area contributed by atoms with Crippen LogP contribution >= 0.6 is 0 Å². The molecule has 1 fully saturated rings. The van der Waals surface area contributed by atoms with Crippen LogP contribution in [0.15, 0.2) is 24.3 Å². The van der Waals surface area contributed by atoms with E-state index in [1.807, 2.05) is 0 Å². The van der Waals surface area contributed by atoms with E-state index in [9.17, 15) is 14.0 Å². The number of halogens is 1. The molecule has 1 aliphatic rings. The summed E-state index contributed by atoms with van der Waals surface area (Å²) in [6.07, 6.45) is 1.46. The first-order chi connectivity index (χ1) is 10.0. The van der Waals surface area contributed by atoms with Gasteiger partial charge in [0, 0.05) is 23.5 Å². The lowest BCUT2D eigenvalue weighted by Gasteiger charge is -2.22. The van der Waals surface area contributed by atoms with Crippen molar-refractivity contribution >= 4 is 22.8 Å². The highest BCUT2D eigenvalue weighted by molar-refractivity contribution is 5.98. The molecule has 1 unspecified atom stereocenters. The Kier molecular flexibility index (Phi) is 3.37. The third-order valence-electron chi connectivity index (χ3n) is 3.86. The fourth-order valence-corrected chi connectivity index (χ4v) is 2.89. The van der Waals surface area contributed by atoms with Gasteiger partial charge < -0.3 is 15.0 Å². The van der Waals surface area contributed by atoms with Crippen LogP contribution < -0.4 is 0 Å². The van der Waals surface area contributed by atoms with E-state index in [1.54, 1.807) is 17.0 Å². The Balaban J connectivity index is 1.87. The lowest BCUT2D eigenvalue weighted by atomic mass is 10.1. The van der Waals surface area contributed by atoms with Gasteiger partial charge in [-0.15, -0.1) is 0 Å². The van der Waals surface area contributed by atoms with Crippen LogP contribution in [0.25, 0.3) is 10.9 Å². The molecule has 110 valence electrons. The van der Waals surface area contributed by atoms with E-state index in [-0.39, 0.29) is 24.2 Å². The summed E-state index contributed by atoms with van der Waals surface area (Å²) < 4.78 is 13.2. The number of carbonyl (C=O) groups is 2. The van der Waals surface area contributed by atoms with Crippen LogP contribution in [0.4, 0.5) is 4.39 Å². The van der Waals surface area contributed by atoms with E-state index in [4.69, 9.17) is 5.11 Å². The molecule has 1 atom stereocenters. The second-order valence-electron chi connectivity index (χ2n) is 5.31.